The van der Waals surface area contributed by atoms with E-state index in [1.165, 1.54) is 32.4 Å². The van der Waals surface area contributed by atoms with Crippen molar-refractivity contribution in [3.05, 3.63) is 122 Å². The lowest BCUT2D eigenvalue weighted by molar-refractivity contribution is -0.148. The van der Waals surface area contributed by atoms with Gasteiger partial charge in [0.2, 0.25) is 41.4 Å². The van der Waals surface area contributed by atoms with E-state index in [9.17, 15) is 40.7 Å². The Morgan fingerprint density at radius 1 is 0.639 bits per heavy atom. The first-order chi connectivity index (χ1) is 39.6. The summed E-state index contributed by atoms with van der Waals surface area (Å²) in [6, 6.07) is 19.6. The molecule has 0 aliphatic carbocycles. The first kappa shape index (κ1) is 59.8. The number of carbonyl (C=O) groups is 3. The third-order valence-electron chi connectivity index (χ3n) is 13.6. The molecule has 0 bridgehead atoms. The molecule has 9 rings (SSSR count). The first-order valence-corrected chi connectivity index (χ1v) is 25.8. The minimum absolute atomic E-state index is 0.0476. The molecule has 83 heavy (non-hydrogen) atoms. The topological polar surface area (TPSA) is 241 Å². The van der Waals surface area contributed by atoms with Crippen LogP contribution in [0.1, 0.15) is 24.0 Å². The zero-order chi connectivity index (χ0) is 59.6. The summed E-state index contributed by atoms with van der Waals surface area (Å²) >= 11 is 0. The number of rotatable bonds is 19. The largest absolute Gasteiger partial charge is 0.479 e. The number of carbonyl (C=O) groups excluding carboxylic acids is 3. The Kier molecular flexibility index (Phi) is 18.8. The molecule has 22 nitrogen and oxygen atoms in total. The number of likely N-dealkylation sites (N-methyl/N-ethyl adjacent to an activating group) is 3. The Morgan fingerprint density at radius 2 is 1.08 bits per heavy atom. The van der Waals surface area contributed by atoms with Crippen LogP contribution in [0.4, 0.5) is 95.6 Å². The fourth-order valence-corrected chi connectivity index (χ4v) is 8.99. The van der Waals surface area contributed by atoms with Gasteiger partial charge >= 0.3 is 12.4 Å². The van der Waals surface area contributed by atoms with Gasteiger partial charge in [-0.25, -0.2) is 9.97 Å². The second-order valence-electron chi connectivity index (χ2n) is 19.3. The van der Waals surface area contributed by atoms with Crippen LogP contribution >= 0.6 is 0 Å². The second kappa shape index (κ2) is 26.1. The lowest BCUT2D eigenvalue weighted by atomic mass is 10.1. The second-order valence-corrected chi connectivity index (χ2v) is 19.3. The Balaban J connectivity index is 0.000000219. The van der Waals surface area contributed by atoms with Crippen LogP contribution < -0.4 is 51.2 Å². The van der Waals surface area contributed by atoms with Gasteiger partial charge in [0.25, 0.3) is 0 Å². The number of benzene rings is 2. The molecule has 0 spiro atoms. The molecule has 7 heterocycles. The van der Waals surface area contributed by atoms with Crippen LogP contribution in [0.15, 0.2) is 111 Å². The molecule has 4 aromatic heterocycles. The smallest absolute Gasteiger partial charge is 0.421 e. The van der Waals surface area contributed by atoms with Gasteiger partial charge in [-0.3, -0.25) is 14.4 Å². The van der Waals surface area contributed by atoms with Crippen LogP contribution in [0.2, 0.25) is 0 Å². The number of likely N-dealkylation sites (tertiary alicyclic amines) is 2. The quantitative estimate of drug-likeness (QED) is 0.0328. The monoisotopic (exact) mass is 1150 g/mol. The summed E-state index contributed by atoms with van der Waals surface area (Å²) in [7, 11) is 8.80. The number of amides is 3. The molecule has 3 amide bonds. The van der Waals surface area contributed by atoms with Gasteiger partial charge in [0, 0.05) is 81.0 Å². The Bertz CT molecular complexity index is 3330. The van der Waals surface area contributed by atoms with Crippen molar-refractivity contribution < 1.29 is 54.9 Å². The summed E-state index contributed by atoms with van der Waals surface area (Å²) in [6.07, 6.45) is -4.14. The number of nitrogens with zero attached hydrogens (tertiary/aromatic N) is 10. The highest BCUT2D eigenvalue weighted by Crippen LogP contribution is 2.39. The summed E-state index contributed by atoms with van der Waals surface area (Å²) in [5.41, 5.74) is -0.173. The van der Waals surface area contributed by atoms with E-state index in [1.54, 1.807) is 54.6 Å². The molecule has 3 fully saturated rings. The minimum Gasteiger partial charge on any atom is -0.479 e. The number of ether oxygens (including phenoxy) is 3. The predicted molar refractivity (Wildman–Crippen MR) is 301 cm³/mol. The number of halogens is 6. The van der Waals surface area contributed by atoms with Crippen LogP contribution in [0, 0.1) is 5.92 Å². The predicted octanol–water partition coefficient (Wildman–Crippen LogP) is 8.85. The maximum atomic E-state index is 13.8. The third kappa shape index (κ3) is 15.2. The third-order valence-corrected chi connectivity index (χ3v) is 13.6. The van der Waals surface area contributed by atoms with Gasteiger partial charge in [-0.2, -0.15) is 46.3 Å². The van der Waals surface area contributed by atoms with Gasteiger partial charge in [-0.1, -0.05) is 25.3 Å². The zero-order valence-corrected chi connectivity index (χ0v) is 45.7. The molecule has 0 saturated carbocycles. The van der Waals surface area contributed by atoms with Gasteiger partial charge < -0.3 is 65.7 Å². The van der Waals surface area contributed by atoms with Crippen molar-refractivity contribution in [2.75, 3.05) is 116 Å². The summed E-state index contributed by atoms with van der Waals surface area (Å²) in [5.74, 6) is -0.364. The summed E-state index contributed by atoms with van der Waals surface area (Å²) < 4.78 is 98.8. The molecule has 2 atom stereocenters. The summed E-state index contributed by atoms with van der Waals surface area (Å²) in [4.78, 5) is 69.0. The number of hydrogen-bond donors (Lipinski definition) is 6. The lowest BCUT2D eigenvalue weighted by Crippen LogP contribution is -2.45. The molecule has 438 valence electrons. The highest BCUT2D eigenvalue weighted by molar-refractivity contribution is 5.99. The maximum absolute atomic E-state index is 13.8. The average Bonchev–Trinajstić information content (AvgIpc) is 4.23. The molecular formula is C55H60F6N16O6. The van der Waals surface area contributed by atoms with Gasteiger partial charge in [0.15, 0.2) is 0 Å². The van der Waals surface area contributed by atoms with Crippen LogP contribution in [0.3, 0.4) is 0 Å². The molecule has 3 aliphatic heterocycles. The van der Waals surface area contributed by atoms with Gasteiger partial charge in [0.1, 0.15) is 45.8 Å². The fraction of sp³-hybridized carbons (Fsp3) is 0.327. The molecule has 2 unspecified atom stereocenters. The van der Waals surface area contributed by atoms with E-state index in [4.69, 9.17) is 14.2 Å². The number of hydrogen-bond acceptors (Lipinski definition) is 19. The normalized spacial score (nSPS) is 16.1. The number of aromatic nitrogens is 6. The van der Waals surface area contributed by atoms with Crippen LogP contribution in [0.5, 0.6) is 11.8 Å². The average molecular weight is 1160 g/mol. The molecular weight excluding hydrogens is 1090 g/mol. The van der Waals surface area contributed by atoms with Crippen molar-refractivity contribution in [3.63, 3.8) is 0 Å². The number of methoxy groups -OCH3 is 2. The first-order valence-electron chi connectivity index (χ1n) is 25.8. The van der Waals surface area contributed by atoms with Gasteiger partial charge in [-0.15, -0.1) is 0 Å². The van der Waals surface area contributed by atoms with E-state index in [2.05, 4.69) is 91.8 Å². The van der Waals surface area contributed by atoms with E-state index in [0.717, 1.165) is 38.1 Å². The van der Waals surface area contributed by atoms with E-state index < -0.39 is 46.9 Å². The van der Waals surface area contributed by atoms with E-state index in [-0.39, 0.29) is 52.9 Å². The number of anilines is 12. The maximum Gasteiger partial charge on any atom is 0.421 e. The van der Waals surface area contributed by atoms with Crippen LogP contribution in [-0.2, 0) is 31.5 Å². The Hall–Kier alpha value is -9.31. The summed E-state index contributed by atoms with van der Waals surface area (Å²) in [5, 5.41) is 16.3. The number of alkyl halides is 6. The molecule has 0 radical (unpaired) electrons. The van der Waals surface area contributed by atoms with Gasteiger partial charge in [0.05, 0.1) is 33.4 Å². The fourth-order valence-electron chi connectivity index (χ4n) is 8.99. The summed E-state index contributed by atoms with van der Waals surface area (Å²) in [6.45, 7) is 10.8. The highest BCUT2D eigenvalue weighted by Gasteiger charge is 2.38. The number of nitrogens with one attached hydrogen (secondary N) is 6. The van der Waals surface area contributed by atoms with Crippen molar-refractivity contribution in [1.82, 2.24) is 39.7 Å². The molecule has 3 saturated heterocycles. The zero-order valence-electron chi connectivity index (χ0n) is 45.7. The minimum atomic E-state index is -4.74. The van der Waals surface area contributed by atoms with Gasteiger partial charge in [-0.05, 0) is 99.2 Å². The van der Waals surface area contributed by atoms with Crippen molar-refractivity contribution >= 4 is 87.0 Å². The number of pyridine rings is 2. The molecule has 28 heteroatoms. The molecule has 3 aliphatic rings. The van der Waals surface area contributed by atoms with Crippen LogP contribution in [-0.4, -0.2) is 144 Å². The van der Waals surface area contributed by atoms with Crippen LogP contribution in [0.25, 0.3) is 0 Å². The van der Waals surface area contributed by atoms with Crippen molar-refractivity contribution in [2.45, 2.75) is 37.3 Å². The SMILES string of the molecule is C=CC(=O)Nc1cccc(Nc2nc(Nc3ccc(N(C)C4CCN(C(=O)C5COC5)C4)nc3OC)ncc2C(F)(F)F)c1.C=CC(=O)Nc1cccc(Nc2nc(Nc3ccc(N(C)C4CCN(C)C4)nc3OC)ncc2C(F)(F)F)c1. The lowest BCUT2D eigenvalue weighted by Gasteiger charge is -2.30. The van der Waals surface area contributed by atoms with Crippen molar-refractivity contribution in [2.24, 2.45) is 5.92 Å². The molecule has 6 aromatic rings. The molecule has 2 aromatic carbocycles. The van der Waals surface area contributed by atoms with Crippen molar-refractivity contribution in [1.29, 1.82) is 0 Å². The Morgan fingerprint density at radius 3 is 1.48 bits per heavy atom. The standard InChI is InChI=1S/C29H31F3N8O4.C26H29F3N8O2/c1-4-24(41)34-18-6-5-7-19(12-18)35-25-21(29(30,31)32)13-33-28(38-25)36-22-8-9-23(37-26(22)43-3)39(2)20-10-11-40(14-20)27(42)17-15-44-16-17;1-5-22(38)31-16-7-6-8-17(13-16)32-23-19(26(27,28)29)14-30-25(35-23)33-20-9-10-21(34-24(20)39-4)37(3)18-11-12-36(2)15-18/h4-9,12-13,17,20H,1,10-11,14-16H2,2-3H3,(H,34,41)(H2,33,35,36,38);5-10,13-14,18H,1,11-12,15H2,2-4H3,(H,31,38)(H2,30,32,33,35). The van der Waals surface area contributed by atoms with Crippen molar-refractivity contribution in [3.8, 4) is 11.8 Å². The highest BCUT2D eigenvalue weighted by atomic mass is 19.4. The molecule has 6 N–H and O–H groups in total. The van der Waals surface area contributed by atoms with E-state index in [1.807, 2.05) is 23.9 Å². The van der Waals surface area contributed by atoms with E-state index in [0.29, 0.717) is 79.1 Å². The Labute approximate surface area is 473 Å². The van der Waals surface area contributed by atoms with E-state index >= 15 is 0 Å².